The zero-order valence-corrected chi connectivity index (χ0v) is 7.95. The van der Waals surface area contributed by atoms with Gasteiger partial charge in [0.1, 0.15) is 0 Å². The van der Waals surface area contributed by atoms with Crippen molar-refractivity contribution in [3.8, 4) is 0 Å². The third kappa shape index (κ3) is 3.42. The van der Waals surface area contributed by atoms with E-state index in [1.54, 1.807) is 6.92 Å². The summed E-state index contributed by atoms with van der Waals surface area (Å²) in [5, 5.41) is 15.3. The lowest BCUT2D eigenvalue weighted by Gasteiger charge is -2.08. The van der Waals surface area contributed by atoms with Crippen molar-refractivity contribution < 1.29 is 9.63 Å². The number of hydrogen-bond donors (Lipinski definition) is 2. The van der Waals surface area contributed by atoms with Gasteiger partial charge in [0.2, 0.25) is 0 Å². The van der Waals surface area contributed by atoms with Gasteiger partial charge in [-0.25, -0.2) is 0 Å². The molecule has 1 aromatic heterocycles. The molecule has 0 aliphatic heterocycles. The van der Waals surface area contributed by atoms with Gasteiger partial charge < -0.3 is 14.9 Å². The fourth-order valence-electron chi connectivity index (χ4n) is 0.953. The molecule has 74 valence electrons. The van der Waals surface area contributed by atoms with Crippen molar-refractivity contribution in [2.45, 2.75) is 20.3 Å². The number of aromatic nitrogens is 2. The SMILES string of the molecule is Cc1noc(NCC(C)CCO)n1. The summed E-state index contributed by atoms with van der Waals surface area (Å²) in [6.07, 6.45) is 0.778. The molecule has 0 radical (unpaired) electrons. The summed E-state index contributed by atoms with van der Waals surface area (Å²) < 4.78 is 4.86. The van der Waals surface area contributed by atoms with Crippen LogP contribution in [0.2, 0.25) is 0 Å². The van der Waals surface area contributed by atoms with Crippen LogP contribution in [0.15, 0.2) is 4.52 Å². The van der Waals surface area contributed by atoms with E-state index in [0.717, 1.165) is 13.0 Å². The standard InChI is InChI=1S/C8H15N3O2/c1-6(3-4-12)5-9-8-10-7(2)11-13-8/h6,12H,3-5H2,1-2H3,(H,9,10,11). The maximum Gasteiger partial charge on any atom is 0.321 e. The summed E-state index contributed by atoms with van der Waals surface area (Å²) in [7, 11) is 0. The van der Waals surface area contributed by atoms with Crippen molar-refractivity contribution in [2.24, 2.45) is 5.92 Å². The molecule has 0 spiro atoms. The number of aliphatic hydroxyl groups is 1. The minimum Gasteiger partial charge on any atom is -0.396 e. The van der Waals surface area contributed by atoms with E-state index < -0.39 is 0 Å². The largest absolute Gasteiger partial charge is 0.396 e. The fourth-order valence-corrected chi connectivity index (χ4v) is 0.953. The second-order valence-corrected chi connectivity index (χ2v) is 3.15. The van der Waals surface area contributed by atoms with Crippen molar-refractivity contribution in [2.75, 3.05) is 18.5 Å². The van der Waals surface area contributed by atoms with Crippen molar-refractivity contribution in [3.05, 3.63) is 5.82 Å². The molecule has 0 saturated carbocycles. The number of anilines is 1. The number of aliphatic hydroxyl groups excluding tert-OH is 1. The molecule has 1 aromatic rings. The molecule has 2 N–H and O–H groups in total. The molecule has 1 heterocycles. The van der Waals surface area contributed by atoms with E-state index in [1.807, 2.05) is 6.92 Å². The number of nitrogens with one attached hydrogen (secondary N) is 1. The maximum atomic E-state index is 8.66. The summed E-state index contributed by atoms with van der Waals surface area (Å²) in [5.41, 5.74) is 0. The highest BCUT2D eigenvalue weighted by Gasteiger charge is 2.04. The summed E-state index contributed by atoms with van der Waals surface area (Å²) in [5.74, 6) is 1.02. The van der Waals surface area contributed by atoms with E-state index in [9.17, 15) is 0 Å². The van der Waals surface area contributed by atoms with Crippen molar-refractivity contribution in [3.63, 3.8) is 0 Å². The Labute approximate surface area is 77.2 Å². The van der Waals surface area contributed by atoms with E-state index in [1.165, 1.54) is 0 Å². The lowest BCUT2D eigenvalue weighted by Crippen LogP contribution is -2.12. The van der Waals surface area contributed by atoms with Crippen LogP contribution in [-0.2, 0) is 0 Å². The van der Waals surface area contributed by atoms with Crippen LogP contribution >= 0.6 is 0 Å². The van der Waals surface area contributed by atoms with Gasteiger partial charge in [0.15, 0.2) is 5.82 Å². The number of nitrogens with zero attached hydrogens (tertiary/aromatic N) is 2. The first kappa shape index (κ1) is 9.98. The van der Waals surface area contributed by atoms with Gasteiger partial charge in [0, 0.05) is 13.2 Å². The summed E-state index contributed by atoms with van der Waals surface area (Å²) in [6.45, 7) is 4.77. The van der Waals surface area contributed by atoms with Crippen molar-refractivity contribution in [1.29, 1.82) is 0 Å². The molecule has 5 heteroatoms. The Morgan fingerprint density at radius 2 is 2.38 bits per heavy atom. The highest BCUT2D eigenvalue weighted by atomic mass is 16.5. The van der Waals surface area contributed by atoms with Crippen molar-refractivity contribution >= 4 is 6.01 Å². The average Bonchev–Trinajstić information content (AvgIpc) is 2.49. The smallest absolute Gasteiger partial charge is 0.321 e. The highest BCUT2D eigenvalue weighted by Crippen LogP contribution is 2.05. The molecule has 0 aromatic carbocycles. The van der Waals surface area contributed by atoms with Gasteiger partial charge in [-0.3, -0.25) is 0 Å². The lowest BCUT2D eigenvalue weighted by molar-refractivity contribution is 0.265. The lowest BCUT2D eigenvalue weighted by atomic mass is 10.1. The molecule has 0 aliphatic rings. The molecule has 0 bridgehead atoms. The average molecular weight is 185 g/mol. The van der Waals surface area contributed by atoms with Gasteiger partial charge in [-0.15, -0.1) is 0 Å². The van der Waals surface area contributed by atoms with Crippen LogP contribution in [0.5, 0.6) is 0 Å². The molecule has 0 fully saturated rings. The molecular formula is C8H15N3O2. The van der Waals surface area contributed by atoms with Gasteiger partial charge in [-0.1, -0.05) is 12.1 Å². The van der Waals surface area contributed by atoms with Gasteiger partial charge in [-0.2, -0.15) is 4.98 Å². The first-order valence-corrected chi connectivity index (χ1v) is 4.37. The normalized spacial score (nSPS) is 12.8. The monoisotopic (exact) mass is 185 g/mol. The van der Waals surface area contributed by atoms with E-state index in [2.05, 4.69) is 15.5 Å². The van der Waals surface area contributed by atoms with Gasteiger partial charge >= 0.3 is 6.01 Å². The van der Waals surface area contributed by atoms with Crippen molar-refractivity contribution in [1.82, 2.24) is 10.1 Å². The zero-order chi connectivity index (χ0) is 9.68. The van der Waals surface area contributed by atoms with Gasteiger partial charge in [0.25, 0.3) is 0 Å². The number of rotatable bonds is 5. The first-order valence-electron chi connectivity index (χ1n) is 4.37. The molecule has 0 amide bonds. The maximum absolute atomic E-state index is 8.66. The second kappa shape index (κ2) is 4.81. The molecular weight excluding hydrogens is 170 g/mol. The molecule has 1 rings (SSSR count). The zero-order valence-electron chi connectivity index (χ0n) is 7.95. The molecule has 13 heavy (non-hydrogen) atoms. The van der Waals surface area contributed by atoms with Gasteiger partial charge in [0.05, 0.1) is 0 Å². The predicted molar refractivity (Wildman–Crippen MR) is 48.4 cm³/mol. The van der Waals surface area contributed by atoms with E-state index in [-0.39, 0.29) is 6.61 Å². The molecule has 0 aliphatic carbocycles. The van der Waals surface area contributed by atoms with Crippen LogP contribution in [0.1, 0.15) is 19.2 Å². The number of aryl methyl sites for hydroxylation is 1. The van der Waals surface area contributed by atoms with Gasteiger partial charge in [-0.05, 0) is 19.3 Å². The third-order valence-corrected chi connectivity index (χ3v) is 1.75. The number of hydrogen-bond acceptors (Lipinski definition) is 5. The molecule has 0 saturated heterocycles. The summed E-state index contributed by atoms with van der Waals surface area (Å²) in [4.78, 5) is 3.99. The van der Waals surface area contributed by atoms with Crippen LogP contribution < -0.4 is 5.32 Å². The topological polar surface area (TPSA) is 71.2 Å². The molecule has 5 nitrogen and oxygen atoms in total. The minimum atomic E-state index is 0.214. The second-order valence-electron chi connectivity index (χ2n) is 3.15. The predicted octanol–water partition coefficient (Wildman–Crippen LogP) is 0.808. The summed E-state index contributed by atoms with van der Waals surface area (Å²) >= 11 is 0. The van der Waals surface area contributed by atoms with E-state index >= 15 is 0 Å². The van der Waals surface area contributed by atoms with Crippen LogP contribution in [0.4, 0.5) is 6.01 Å². The third-order valence-electron chi connectivity index (χ3n) is 1.75. The molecule has 1 unspecified atom stereocenters. The Hall–Kier alpha value is -1.10. The van der Waals surface area contributed by atoms with E-state index in [4.69, 9.17) is 9.63 Å². The fraction of sp³-hybridized carbons (Fsp3) is 0.750. The molecule has 1 atom stereocenters. The van der Waals surface area contributed by atoms with Crippen LogP contribution in [-0.4, -0.2) is 28.4 Å². The first-order chi connectivity index (χ1) is 6.22. The minimum absolute atomic E-state index is 0.214. The van der Waals surface area contributed by atoms with Crippen LogP contribution in [0.25, 0.3) is 0 Å². The Morgan fingerprint density at radius 1 is 1.62 bits per heavy atom. The Kier molecular flexibility index (Phi) is 3.70. The summed E-state index contributed by atoms with van der Waals surface area (Å²) in [6, 6.07) is 0.447. The van der Waals surface area contributed by atoms with E-state index in [0.29, 0.717) is 17.8 Å². The van der Waals surface area contributed by atoms with Crippen LogP contribution in [0, 0.1) is 12.8 Å². The Bertz CT molecular complexity index is 249. The Morgan fingerprint density at radius 3 is 2.92 bits per heavy atom. The Balaban J connectivity index is 2.26. The quantitative estimate of drug-likeness (QED) is 0.710. The van der Waals surface area contributed by atoms with Crippen LogP contribution in [0.3, 0.4) is 0 Å². The highest BCUT2D eigenvalue weighted by molar-refractivity contribution is 5.17.